The fraction of sp³-hybridized carbons (Fsp3) is 0.562. The number of nitrogens with one attached hydrogen (secondary N) is 2. The van der Waals surface area contributed by atoms with Crippen molar-refractivity contribution in [3.63, 3.8) is 0 Å². The molecule has 0 aliphatic heterocycles. The molecule has 1 aliphatic rings. The van der Waals surface area contributed by atoms with Crippen LogP contribution in [-0.2, 0) is 6.42 Å². The Morgan fingerprint density at radius 3 is 3.00 bits per heavy atom. The summed E-state index contributed by atoms with van der Waals surface area (Å²) in [5.74, 6) is 2.15. The summed E-state index contributed by atoms with van der Waals surface area (Å²) in [6, 6.07) is 4.79. The van der Waals surface area contributed by atoms with Crippen molar-refractivity contribution in [2.24, 2.45) is 5.41 Å². The van der Waals surface area contributed by atoms with Crippen LogP contribution in [0.5, 0.6) is 0 Å². The highest BCUT2D eigenvalue weighted by Crippen LogP contribution is 2.42. The summed E-state index contributed by atoms with van der Waals surface area (Å²) in [5.41, 5.74) is 2.71. The molecule has 3 rings (SSSR count). The van der Waals surface area contributed by atoms with Crippen molar-refractivity contribution in [2.75, 3.05) is 0 Å². The first-order chi connectivity index (χ1) is 9.44. The highest BCUT2D eigenvalue weighted by molar-refractivity contribution is 5.29. The van der Waals surface area contributed by atoms with Gasteiger partial charge in [0.1, 0.15) is 11.5 Å². The van der Waals surface area contributed by atoms with Gasteiger partial charge in [-0.05, 0) is 37.8 Å². The Kier molecular flexibility index (Phi) is 3.21. The summed E-state index contributed by atoms with van der Waals surface area (Å²) in [5, 5.41) is 10.8. The van der Waals surface area contributed by atoms with Crippen LogP contribution in [0.3, 0.4) is 0 Å². The van der Waals surface area contributed by atoms with Gasteiger partial charge in [-0.1, -0.05) is 13.8 Å². The fourth-order valence-corrected chi connectivity index (χ4v) is 3.23. The molecule has 20 heavy (non-hydrogen) atoms. The number of aryl methyl sites for hydroxylation is 1. The van der Waals surface area contributed by atoms with Gasteiger partial charge in [-0.25, -0.2) is 0 Å². The van der Waals surface area contributed by atoms with Crippen LogP contribution in [0.25, 0.3) is 0 Å². The summed E-state index contributed by atoms with van der Waals surface area (Å²) in [6.45, 7) is 8.81. The number of nitrogens with zero attached hydrogens (tertiary/aromatic N) is 1. The van der Waals surface area contributed by atoms with Crippen LogP contribution < -0.4 is 5.32 Å². The minimum atomic E-state index is 0.249. The van der Waals surface area contributed by atoms with E-state index in [0.717, 1.165) is 30.1 Å². The summed E-state index contributed by atoms with van der Waals surface area (Å²) in [6.07, 6.45) is 3.94. The number of aromatic amines is 1. The number of furan rings is 1. The summed E-state index contributed by atoms with van der Waals surface area (Å²) in [7, 11) is 0. The Morgan fingerprint density at radius 1 is 1.50 bits per heavy atom. The van der Waals surface area contributed by atoms with Crippen molar-refractivity contribution in [3.05, 3.63) is 41.1 Å². The molecule has 2 heterocycles. The normalized spacial score (nSPS) is 22.5. The van der Waals surface area contributed by atoms with Gasteiger partial charge in [0.25, 0.3) is 0 Å². The van der Waals surface area contributed by atoms with Crippen LogP contribution in [0, 0.1) is 12.3 Å². The summed E-state index contributed by atoms with van der Waals surface area (Å²) >= 11 is 0. The van der Waals surface area contributed by atoms with Crippen molar-refractivity contribution < 1.29 is 4.42 Å². The van der Waals surface area contributed by atoms with E-state index in [4.69, 9.17) is 4.42 Å². The Bertz CT molecular complexity index is 583. The van der Waals surface area contributed by atoms with Crippen molar-refractivity contribution in [1.29, 1.82) is 0 Å². The van der Waals surface area contributed by atoms with E-state index in [1.807, 2.05) is 13.0 Å². The first-order valence-corrected chi connectivity index (χ1v) is 7.29. The van der Waals surface area contributed by atoms with Crippen molar-refractivity contribution in [3.8, 4) is 0 Å². The topological polar surface area (TPSA) is 53.9 Å². The van der Waals surface area contributed by atoms with Crippen molar-refractivity contribution >= 4 is 0 Å². The maximum absolute atomic E-state index is 5.88. The van der Waals surface area contributed by atoms with E-state index < -0.39 is 0 Å². The number of rotatable bonds is 3. The molecule has 0 aromatic carbocycles. The monoisotopic (exact) mass is 273 g/mol. The third-order valence-corrected chi connectivity index (χ3v) is 4.18. The zero-order valence-electron chi connectivity index (χ0n) is 12.7. The van der Waals surface area contributed by atoms with Crippen LogP contribution in [0.15, 0.2) is 22.7 Å². The van der Waals surface area contributed by atoms with Gasteiger partial charge < -0.3 is 9.73 Å². The molecule has 1 aliphatic carbocycles. The van der Waals surface area contributed by atoms with Crippen LogP contribution in [0.1, 0.15) is 62.1 Å². The second-order valence-electron chi connectivity index (χ2n) is 6.73. The Morgan fingerprint density at radius 2 is 2.30 bits per heavy atom. The predicted octanol–water partition coefficient (Wildman–Crippen LogP) is 3.68. The molecule has 0 saturated heterocycles. The van der Waals surface area contributed by atoms with Crippen LogP contribution >= 0.6 is 0 Å². The third kappa shape index (κ3) is 2.52. The van der Waals surface area contributed by atoms with Gasteiger partial charge >= 0.3 is 0 Å². The zero-order valence-corrected chi connectivity index (χ0v) is 12.7. The van der Waals surface area contributed by atoms with Crippen molar-refractivity contribution in [1.82, 2.24) is 15.5 Å². The maximum atomic E-state index is 5.88. The van der Waals surface area contributed by atoms with Crippen LogP contribution in [0.2, 0.25) is 0 Å². The number of fused-ring (bicyclic) bond motifs is 1. The zero-order chi connectivity index (χ0) is 14.3. The molecule has 2 aromatic heterocycles. The highest BCUT2D eigenvalue weighted by Gasteiger charge is 2.35. The molecule has 108 valence electrons. The largest absolute Gasteiger partial charge is 0.466 e. The van der Waals surface area contributed by atoms with E-state index in [9.17, 15) is 0 Å². The lowest BCUT2D eigenvalue weighted by atomic mass is 9.74. The average Bonchev–Trinajstić information content (AvgIpc) is 2.95. The smallest absolute Gasteiger partial charge is 0.109 e. The van der Waals surface area contributed by atoms with E-state index in [-0.39, 0.29) is 11.5 Å². The molecule has 0 radical (unpaired) electrons. The molecular weight excluding hydrogens is 250 g/mol. The molecule has 2 N–H and O–H groups in total. The molecule has 0 bridgehead atoms. The minimum absolute atomic E-state index is 0.249. The second kappa shape index (κ2) is 4.77. The molecule has 0 amide bonds. The quantitative estimate of drug-likeness (QED) is 0.897. The number of H-pyrrole nitrogens is 1. The first kappa shape index (κ1) is 13.4. The minimum Gasteiger partial charge on any atom is -0.466 e. The van der Waals surface area contributed by atoms with E-state index in [1.165, 1.54) is 5.56 Å². The van der Waals surface area contributed by atoms with Gasteiger partial charge in [0, 0.05) is 30.3 Å². The molecule has 0 spiro atoms. The molecule has 0 saturated carbocycles. The van der Waals surface area contributed by atoms with Crippen LogP contribution in [0.4, 0.5) is 0 Å². The molecule has 0 fully saturated rings. The molecule has 2 unspecified atom stereocenters. The Hall–Kier alpha value is -1.55. The fourth-order valence-electron chi connectivity index (χ4n) is 3.23. The Balaban J connectivity index is 1.85. The SMILES string of the molecule is Cc1cc2c(o1)CC(C)(C)CC2NC(C)c1ccn[nH]1. The maximum Gasteiger partial charge on any atom is 0.109 e. The predicted molar refractivity (Wildman–Crippen MR) is 78.4 cm³/mol. The number of hydrogen-bond acceptors (Lipinski definition) is 3. The van der Waals surface area contributed by atoms with Gasteiger partial charge in [-0.15, -0.1) is 0 Å². The molecule has 2 atom stereocenters. The third-order valence-electron chi connectivity index (χ3n) is 4.18. The lowest BCUT2D eigenvalue weighted by Crippen LogP contribution is -2.34. The average molecular weight is 273 g/mol. The van der Waals surface area contributed by atoms with Gasteiger partial charge in [0.15, 0.2) is 0 Å². The van der Waals surface area contributed by atoms with Gasteiger partial charge in [0.2, 0.25) is 0 Å². The van der Waals surface area contributed by atoms with E-state index in [2.05, 4.69) is 42.4 Å². The molecule has 4 nitrogen and oxygen atoms in total. The molecule has 4 heteroatoms. The van der Waals surface area contributed by atoms with E-state index >= 15 is 0 Å². The first-order valence-electron chi connectivity index (χ1n) is 7.29. The van der Waals surface area contributed by atoms with E-state index in [1.54, 1.807) is 6.20 Å². The number of aromatic nitrogens is 2. The van der Waals surface area contributed by atoms with Gasteiger partial charge in [-0.3, -0.25) is 5.10 Å². The number of hydrogen-bond donors (Lipinski definition) is 2. The summed E-state index contributed by atoms with van der Waals surface area (Å²) < 4.78 is 5.88. The van der Waals surface area contributed by atoms with Crippen LogP contribution in [-0.4, -0.2) is 10.2 Å². The van der Waals surface area contributed by atoms with Gasteiger partial charge in [-0.2, -0.15) is 5.10 Å². The van der Waals surface area contributed by atoms with Gasteiger partial charge in [0.05, 0.1) is 5.69 Å². The lowest BCUT2D eigenvalue weighted by molar-refractivity contribution is 0.226. The standard InChI is InChI=1S/C16H23N3O/c1-10-7-12-14(8-16(3,4)9-15(12)20-10)18-11(2)13-5-6-17-19-13/h5-7,11,14,18H,8-9H2,1-4H3,(H,17,19). The van der Waals surface area contributed by atoms with Crippen molar-refractivity contribution in [2.45, 2.75) is 52.6 Å². The van der Waals surface area contributed by atoms with E-state index in [0.29, 0.717) is 6.04 Å². The lowest BCUT2D eigenvalue weighted by Gasteiger charge is -2.36. The Labute approximate surface area is 120 Å². The molecule has 2 aromatic rings. The highest BCUT2D eigenvalue weighted by atomic mass is 16.3. The second-order valence-corrected chi connectivity index (χ2v) is 6.73. The summed E-state index contributed by atoms with van der Waals surface area (Å²) in [4.78, 5) is 0. The molecular formula is C16H23N3O.